The first-order valence-corrected chi connectivity index (χ1v) is 9.04. The lowest BCUT2D eigenvalue weighted by atomic mass is 9.72. The Kier molecular flexibility index (Phi) is 4.36. The molecule has 0 unspecified atom stereocenters. The Morgan fingerprint density at radius 1 is 1.24 bits per heavy atom. The molecule has 2 aliphatic rings. The van der Waals surface area contributed by atoms with Crippen molar-refractivity contribution in [3.05, 3.63) is 29.8 Å². The molecular formula is C18H20Cl2N2O3. The maximum Gasteiger partial charge on any atom is 0.237 e. The van der Waals surface area contributed by atoms with Crippen molar-refractivity contribution >= 4 is 46.6 Å². The van der Waals surface area contributed by atoms with Crippen molar-refractivity contribution in [1.82, 2.24) is 5.32 Å². The maximum absolute atomic E-state index is 12.4. The number of nitrogens with one attached hydrogen (secondary N) is 2. The third kappa shape index (κ3) is 2.93. The molecule has 25 heavy (non-hydrogen) atoms. The summed E-state index contributed by atoms with van der Waals surface area (Å²) in [5, 5.41) is 5.24. The Balaban J connectivity index is 1.77. The van der Waals surface area contributed by atoms with E-state index < -0.39 is 15.2 Å². The van der Waals surface area contributed by atoms with Crippen LogP contribution in [-0.2, 0) is 19.8 Å². The second kappa shape index (κ2) is 5.99. The van der Waals surface area contributed by atoms with Gasteiger partial charge in [-0.3, -0.25) is 19.7 Å². The fourth-order valence-electron chi connectivity index (χ4n) is 3.35. The van der Waals surface area contributed by atoms with E-state index in [1.54, 1.807) is 19.1 Å². The van der Waals surface area contributed by atoms with E-state index in [-0.39, 0.29) is 17.7 Å². The topological polar surface area (TPSA) is 75.3 Å². The zero-order valence-electron chi connectivity index (χ0n) is 14.1. The predicted octanol–water partition coefficient (Wildman–Crippen LogP) is 3.29. The van der Waals surface area contributed by atoms with Gasteiger partial charge in [0, 0.05) is 12.1 Å². The van der Waals surface area contributed by atoms with Gasteiger partial charge in [-0.1, -0.05) is 19.1 Å². The Bertz CT molecular complexity index is 747. The number of benzene rings is 1. The minimum absolute atomic E-state index is 0.225. The van der Waals surface area contributed by atoms with Gasteiger partial charge in [-0.25, -0.2) is 0 Å². The van der Waals surface area contributed by atoms with Crippen LogP contribution in [0.1, 0.15) is 45.1 Å². The molecule has 0 bridgehead atoms. The average molecular weight is 383 g/mol. The van der Waals surface area contributed by atoms with Crippen LogP contribution in [-0.4, -0.2) is 22.1 Å². The molecule has 0 radical (unpaired) electrons. The molecule has 7 heteroatoms. The molecule has 3 amide bonds. The quantitative estimate of drug-likeness (QED) is 0.619. The summed E-state index contributed by atoms with van der Waals surface area (Å²) in [4.78, 5) is 36.2. The van der Waals surface area contributed by atoms with Gasteiger partial charge >= 0.3 is 0 Å². The number of imide groups is 1. The number of hydrogen-bond donors (Lipinski definition) is 2. The van der Waals surface area contributed by atoms with E-state index >= 15 is 0 Å². The standard InChI is InChI=1S/C18H20Cl2N2O3/c1-3-17(9-8-13(23)22-15(17)25)11-4-6-12(7-5-11)21-14(24)16(2)10-18(16,19)20/h4-7H,3,8-10H2,1-2H3,(H,21,24)(H,22,23,25)/t16-,17+/m0/s1. The number of carbonyl (C=O) groups is 3. The van der Waals surface area contributed by atoms with Crippen molar-refractivity contribution in [1.29, 1.82) is 0 Å². The first-order chi connectivity index (χ1) is 11.6. The summed E-state index contributed by atoms with van der Waals surface area (Å²) in [5.74, 6) is -0.722. The van der Waals surface area contributed by atoms with Gasteiger partial charge in [-0.05, 0) is 43.9 Å². The summed E-state index contributed by atoms with van der Waals surface area (Å²) in [5.41, 5.74) is -0.0483. The number of amides is 3. The predicted molar refractivity (Wildman–Crippen MR) is 96.6 cm³/mol. The van der Waals surface area contributed by atoms with Crippen LogP contribution < -0.4 is 10.6 Å². The van der Waals surface area contributed by atoms with E-state index in [1.807, 2.05) is 19.1 Å². The highest BCUT2D eigenvalue weighted by atomic mass is 35.5. The lowest BCUT2D eigenvalue weighted by Crippen LogP contribution is -2.51. The second-order valence-electron chi connectivity index (χ2n) is 7.06. The molecular weight excluding hydrogens is 363 g/mol. The monoisotopic (exact) mass is 382 g/mol. The van der Waals surface area contributed by atoms with Crippen LogP contribution in [0, 0.1) is 5.41 Å². The molecule has 5 nitrogen and oxygen atoms in total. The summed E-state index contributed by atoms with van der Waals surface area (Å²) in [6.45, 7) is 3.66. The van der Waals surface area contributed by atoms with Crippen LogP contribution in [0.25, 0.3) is 0 Å². The van der Waals surface area contributed by atoms with Crippen LogP contribution in [0.3, 0.4) is 0 Å². The largest absolute Gasteiger partial charge is 0.326 e. The van der Waals surface area contributed by atoms with Crippen molar-refractivity contribution in [3.63, 3.8) is 0 Å². The second-order valence-corrected chi connectivity index (χ2v) is 8.54. The first kappa shape index (κ1) is 18.2. The van der Waals surface area contributed by atoms with E-state index in [0.29, 0.717) is 31.4 Å². The fourth-order valence-corrected chi connectivity index (χ4v) is 4.06. The minimum atomic E-state index is -1.02. The van der Waals surface area contributed by atoms with Crippen molar-refractivity contribution in [3.8, 4) is 0 Å². The molecule has 1 aromatic carbocycles. The van der Waals surface area contributed by atoms with Crippen molar-refractivity contribution < 1.29 is 14.4 Å². The number of piperidine rings is 1. The van der Waals surface area contributed by atoms with Crippen LogP contribution in [0.4, 0.5) is 5.69 Å². The zero-order valence-corrected chi connectivity index (χ0v) is 15.6. The number of rotatable bonds is 4. The first-order valence-electron chi connectivity index (χ1n) is 8.29. The third-order valence-corrected chi connectivity index (χ3v) is 6.63. The summed E-state index contributed by atoms with van der Waals surface area (Å²) in [6.07, 6.45) is 1.82. The van der Waals surface area contributed by atoms with Gasteiger partial charge < -0.3 is 5.32 Å². The maximum atomic E-state index is 12.4. The van der Waals surface area contributed by atoms with Gasteiger partial charge in [-0.15, -0.1) is 23.2 Å². The molecule has 2 N–H and O–H groups in total. The molecule has 2 atom stereocenters. The molecule has 0 aromatic heterocycles. The molecule has 2 fully saturated rings. The molecule has 1 saturated carbocycles. The smallest absolute Gasteiger partial charge is 0.237 e. The molecule has 3 rings (SSSR count). The zero-order chi connectivity index (χ0) is 18.5. The number of anilines is 1. The third-order valence-electron chi connectivity index (χ3n) is 5.52. The van der Waals surface area contributed by atoms with Gasteiger partial charge in [0.1, 0.15) is 4.33 Å². The average Bonchev–Trinajstić information content (AvgIpc) is 3.09. The van der Waals surface area contributed by atoms with Crippen LogP contribution >= 0.6 is 23.2 Å². The molecule has 1 aliphatic carbocycles. The summed E-state index contributed by atoms with van der Waals surface area (Å²) in [7, 11) is 0. The van der Waals surface area contributed by atoms with Crippen LogP contribution in [0.2, 0.25) is 0 Å². The number of carbonyl (C=O) groups excluding carboxylic acids is 3. The highest BCUT2D eigenvalue weighted by Crippen LogP contribution is 2.64. The lowest BCUT2D eigenvalue weighted by molar-refractivity contribution is -0.138. The Morgan fingerprint density at radius 2 is 1.84 bits per heavy atom. The van der Waals surface area contributed by atoms with E-state index in [4.69, 9.17) is 23.2 Å². The summed E-state index contributed by atoms with van der Waals surface area (Å²) < 4.78 is -1.02. The van der Waals surface area contributed by atoms with Gasteiger partial charge in [-0.2, -0.15) is 0 Å². The van der Waals surface area contributed by atoms with E-state index in [9.17, 15) is 14.4 Å². The molecule has 134 valence electrons. The van der Waals surface area contributed by atoms with E-state index in [0.717, 1.165) is 5.56 Å². The fraction of sp³-hybridized carbons (Fsp3) is 0.500. The highest BCUT2D eigenvalue weighted by Gasteiger charge is 2.67. The van der Waals surface area contributed by atoms with E-state index in [1.165, 1.54) is 0 Å². The van der Waals surface area contributed by atoms with Crippen molar-refractivity contribution in [2.45, 2.75) is 49.3 Å². The van der Waals surface area contributed by atoms with Gasteiger partial charge in [0.2, 0.25) is 17.7 Å². The Hall–Kier alpha value is -1.59. The highest BCUT2D eigenvalue weighted by molar-refractivity contribution is 6.53. The van der Waals surface area contributed by atoms with Crippen LogP contribution in [0.15, 0.2) is 24.3 Å². The Morgan fingerprint density at radius 3 is 2.32 bits per heavy atom. The van der Waals surface area contributed by atoms with Gasteiger partial charge in [0.05, 0.1) is 10.8 Å². The molecule has 1 saturated heterocycles. The van der Waals surface area contributed by atoms with Crippen molar-refractivity contribution in [2.24, 2.45) is 5.41 Å². The van der Waals surface area contributed by atoms with Crippen molar-refractivity contribution in [2.75, 3.05) is 5.32 Å². The van der Waals surface area contributed by atoms with E-state index in [2.05, 4.69) is 10.6 Å². The molecule has 1 aromatic rings. The lowest BCUT2D eigenvalue weighted by Gasteiger charge is -2.35. The molecule has 1 heterocycles. The van der Waals surface area contributed by atoms with Gasteiger partial charge in [0.25, 0.3) is 0 Å². The number of alkyl halides is 2. The molecule has 1 aliphatic heterocycles. The number of halogens is 2. The minimum Gasteiger partial charge on any atom is -0.326 e. The number of hydrogen-bond acceptors (Lipinski definition) is 3. The summed E-state index contributed by atoms with van der Waals surface area (Å²) in [6, 6.07) is 7.14. The summed E-state index contributed by atoms with van der Waals surface area (Å²) >= 11 is 12.1. The van der Waals surface area contributed by atoms with Gasteiger partial charge in [0.15, 0.2) is 0 Å². The SMILES string of the molecule is CC[C@]1(c2ccc(NC(=O)[C@]3(C)CC3(Cl)Cl)cc2)CCC(=O)NC1=O. The van der Waals surface area contributed by atoms with Crippen LogP contribution in [0.5, 0.6) is 0 Å². The Labute approximate surface area is 156 Å². The normalized spacial score (nSPS) is 30.6. The molecule has 0 spiro atoms.